The molecule has 0 atom stereocenters. The summed E-state index contributed by atoms with van der Waals surface area (Å²) >= 11 is 1.56. The molecule has 0 spiro atoms. The minimum Gasteiger partial charge on any atom is -0.496 e. The highest BCUT2D eigenvalue weighted by Gasteiger charge is 2.22. The van der Waals surface area contributed by atoms with Crippen LogP contribution in [0.25, 0.3) is 6.08 Å². The minimum absolute atomic E-state index is 0.359. The first-order valence-electron chi connectivity index (χ1n) is 6.93. The standard InChI is InChI=1S/C17H15NO3S/c1-20-15-7-3-2-5-12(15)8-9-16-18-14(17(19)21-16)11-13-6-4-10-22-13/h2-7,10-11H,8-9H2,1H3/b14-11+. The lowest BCUT2D eigenvalue weighted by Gasteiger charge is -2.07. The fourth-order valence-electron chi connectivity index (χ4n) is 2.22. The van der Waals surface area contributed by atoms with Crippen molar-refractivity contribution in [2.45, 2.75) is 12.8 Å². The Balaban J connectivity index is 1.70. The molecule has 0 fully saturated rings. The summed E-state index contributed by atoms with van der Waals surface area (Å²) in [5, 5.41) is 1.96. The van der Waals surface area contributed by atoms with Crippen LogP contribution in [-0.4, -0.2) is 19.0 Å². The van der Waals surface area contributed by atoms with Crippen molar-refractivity contribution in [3.8, 4) is 5.75 Å². The molecule has 0 aliphatic carbocycles. The molecule has 2 heterocycles. The van der Waals surface area contributed by atoms with Gasteiger partial charge in [0.05, 0.1) is 7.11 Å². The van der Waals surface area contributed by atoms with Gasteiger partial charge in [-0.1, -0.05) is 24.3 Å². The minimum atomic E-state index is -0.386. The van der Waals surface area contributed by atoms with Gasteiger partial charge in [-0.15, -0.1) is 11.3 Å². The first kappa shape index (κ1) is 14.5. The van der Waals surface area contributed by atoms with E-state index in [1.807, 2.05) is 41.8 Å². The SMILES string of the molecule is COc1ccccc1CCC1=N/C(=C/c2cccs2)C(=O)O1. The van der Waals surface area contributed by atoms with Crippen molar-refractivity contribution in [1.82, 2.24) is 0 Å². The maximum absolute atomic E-state index is 11.8. The van der Waals surface area contributed by atoms with Gasteiger partial charge in [-0.3, -0.25) is 0 Å². The number of aliphatic imine (C=N–C) groups is 1. The summed E-state index contributed by atoms with van der Waals surface area (Å²) in [6.45, 7) is 0. The lowest BCUT2D eigenvalue weighted by molar-refractivity contribution is -0.130. The number of carbonyl (C=O) groups excluding carboxylic acids is 1. The molecule has 0 N–H and O–H groups in total. The first-order valence-corrected chi connectivity index (χ1v) is 7.81. The molecular weight excluding hydrogens is 298 g/mol. The van der Waals surface area contributed by atoms with Crippen LogP contribution >= 0.6 is 11.3 Å². The number of benzene rings is 1. The summed E-state index contributed by atoms with van der Waals surface area (Å²) in [5.41, 5.74) is 1.43. The molecule has 3 rings (SSSR count). The fraction of sp³-hybridized carbons (Fsp3) is 0.176. The highest BCUT2D eigenvalue weighted by atomic mass is 32.1. The van der Waals surface area contributed by atoms with E-state index in [9.17, 15) is 4.79 Å². The summed E-state index contributed by atoms with van der Waals surface area (Å²) < 4.78 is 10.5. The molecule has 2 aromatic rings. The monoisotopic (exact) mass is 313 g/mol. The van der Waals surface area contributed by atoms with Gasteiger partial charge >= 0.3 is 5.97 Å². The predicted molar refractivity (Wildman–Crippen MR) is 87.1 cm³/mol. The third kappa shape index (κ3) is 3.26. The number of esters is 1. The second-order valence-electron chi connectivity index (χ2n) is 4.75. The molecule has 22 heavy (non-hydrogen) atoms. The molecule has 0 saturated heterocycles. The average Bonchev–Trinajstić information content (AvgIpc) is 3.16. The van der Waals surface area contributed by atoms with Crippen molar-refractivity contribution in [3.63, 3.8) is 0 Å². The van der Waals surface area contributed by atoms with Gasteiger partial charge in [0.1, 0.15) is 5.75 Å². The summed E-state index contributed by atoms with van der Waals surface area (Å²) in [7, 11) is 1.65. The number of thiophene rings is 1. The Morgan fingerprint density at radius 1 is 1.23 bits per heavy atom. The van der Waals surface area contributed by atoms with Gasteiger partial charge in [-0.25, -0.2) is 9.79 Å². The molecule has 0 radical (unpaired) electrons. The van der Waals surface area contributed by atoms with Gasteiger partial charge in [0.15, 0.2) is 11.6 Å². The van der Waals surface area contributed by atoms with Crippen molar-refractivity contribution >= 4 is 29.3 Å². The summed E-state index contributed by atoms with van der Waals surface area (Å²) in [6, 6.07) is 11.7. The van der Waals surface area contributed by atoms with Gasteiger partial charge in [0.2, 0.25) is 0 Å². The van der Waals surface area contributed by atoms with E-state index in [1.165, 1.54) is 0 Å². The normalized spacial score (nSPS) is 15.8. The van der Waals surface area contributed by atoms with Crippen molar-refractivity contribution < 1.29 is 14.3 Å². The quantitative estimate of drug-likeness (QED) is 0.625. The highest BCUT2D eigenvalue weighted by Crippen LogP contribution is 2.22. The topological polar surface area (TPSA) is 47.9 Å². The van der Waals surface area contributed by atoms with E-state index in [0.717, 1.165) is 16.2 Å². The predicted octanol–water partition coefficient (Wildman–Crippen LogP) is 3.69. The summed E-state index contributed by atoms with van der Waals surface area (Å²) in [6.07, 6.45) is 3.03. The Bertz CT molecular complexity index is 732. The zero-order chi connectivity index (χ0) is 15.4. The van der Waals surface area contributed by atoms with Crippen LogP contribution < -0.4 is 4.74 Å². The second kappa shape index (κ2) is 6.58. The van der Waals surface area contributed by atoms with E-state index < -0.39 is 0 Å². The van der Waals surface area contributed by atoms with Crippen molar-refractivity contribution in [1.29, 1.82) is 0 Å². The Kier molecular flexibility index (Phi) is 4.34. The largest absolute Gasteiger partial charge is 0.496 e. The zero-order valence-electron chi connectivity index (χ0n) is 12.1. The molecule has 0 bridgehead atoms. The number of rotatable bonds is 5. The van der Waals surface area contributed by atoms with Gasteiger partial charge in [0, 0.05) is 11.3 Å². The van der Waals surface area contributed by atoms with Crippen LogP contribution in [0, 0.1) is 0 Å². The van der Waals surface area contributed by atoms with Crippen LogP contribution in [0.15, 0.2) is 52.5 Å². The molecule has 1 aliphatic rings. The molecule has 0 saturated carbocycles. The molecule has 112 valence electrons. The van der Waals surface area contributed by atoms with E-state index in [-0.39, 0.29) is 5.97 Å². The number of nitrogens with zero attached hydrogens (tertiary/aromatic N) is 1. The lowest BCUT2D eigenvalue weighted by atomic mass is 10.1. The van der Waals surface area contributed by atoms with Gasteiger partial charge in [-0.2, -0.15) is 0 Å². The van der Waals surface area contributed by atoms with Crippen LogP contribution in [0.3, 0.4) is 0 Å². The number of carbonyl (C=O) groups is 1. The number of aryl methyl sites for hydroxylation is 1. The Labute approximate surface area is 132 Å². The maximum atomic E-state index is 11.8. The van der Waals surface area contributed by atoms with E-state index in [0.29, 0.717) is 24.4 Å². The molecule has 1 aromatic heterocycles. The van der Waals surface area contributed by atoms with Crippen molar-refractivity contribution in [3.05, 3.63) is 57.9 Å². The van der Waals surface area contributed by atoms with Gasteiger partial charge < -0.3 is 9.47 Å². The van der Waals surface area contributed by atoms with E-state index in [2.05, 4.69) is 4.99 Å². The van der Waals surface area contributed by atoms with E-state index >= 15 is 0 Å². The Hall–Kier alpha value is -2.40. The number of ether oxygens (including phenoxy) is 2. The van der Waals surface area contributed by atoms with Crippen molar-refractivity contribution in [2.75, 3.05) is 7.11 Å². The number of hydrogen-bond acceptors (Lipinski definition) is 5. The Morgan fingerprint density at radius 2 is 2.09 bits per heavy atom. The molecule has 4 nitrogen and oxygen atoms in total. The maximum Gasteiger partial charge on any atom is 0.363 e. The Morgan fingerprint density at radius 3 is 2.86 bits per heavy atom. The molecule has 1 aromatic carbocycles. The van der Waals surface area contributed by atoms with E-state index in [4.69, 9.17) is 9.47 Å². The first-order chi connectivity index (χ1) is 10.8. The summed E-state index contributed by atoms with van der Waals surface area (Å²) in [5.74, 6) is 0.906. The number of cyclic esters (lactones) is 1. The fourth-order valence-corrected chi connectivity index (χ4v) is 2.87. The van der Waals surface area contributed by atoms with Crippen LogP contribution in [0.4, 0.5) is 0 Å². The van der Waals surface area contributed by atoms with Crippen LogP contribution in [0.1, 0.15) is 16.9 Å². The van der Waals surface area contributed by atoms with Gasteiger partial charge in [-0.05, 0) is 35.6 Å². The smallest absolute Gasteiger partial charge is 0.363 e. The van der Waals surface area contributed by atoms with Crippen LogP contribution in [-0.2, 0) is 16.0 Å². The highest BCUT2D eigenvalue weighted by molar-refractivity contribution is 7.10. The number of hydrogen-bond donors (Lipinski definition) is 0. The molecular formula is C17H15NO3S. The second-order valence-corrected chi connectivity index (χ2v) is 5.73. The molecule has 5 heteroatoms. The number of methoxy groups -OCH3 is 1. The molecule has 0 amide bonds. The third-order valence-electron chi connectivity index (χ3n) is 3.29. The van der Waals surface area contributed by atoms with Crippen LogP contribution in [0.5, 0.6) is 5.75 Å². The van der Waals surface area contributed by atoms with Crippen molar-refractivity contribution in [2.24, 2.45) is 4.99 Å². The third-order valence-corrected chi connectivity index (χ3v) is 4.11. The van der Waals surface area contributed by atoms with E-state index in [1.54, 1.807) is 24.5 Å². The molecule has 0 unspecified atom stereocenters. The van der Waals surface area contributed by atoms with Crippen LogP contribution in [0.2, 0.25) is 0 Å². The zero-order valence-corrected chi connectivity index (χ0v) is 12.9. The lowest BCUT2D eigenvalue weighted by Crippen LogP contribution is -2.05. The molecule has 1 aliphatic heterocycles. The summed E-state index contributed by atoms with van der Waals surface area (Å²) in [4.78, 5) is 17.1. The average molecular weight is 313 g/mol. The number of para-hydroxylation sites is 1. The van der Waals surface area contributed by atoms with Gasteiger partial charge in [0.25, 0.3) is 0 Å².